The van der Waals surface area contributed by atoms with Crippen molar-refractivity contribution < 1.29 is 19.2 Å². The number of benzene rings is 2. The Kier molecular flexibility index (Phi) is 6.14. The van der Waals surface area contributed by atoms with E-state index in [1.807, 2.05) is 30.3 Å². The topological polar surface area (TPSA) is 75.6 Å². The molecule has 6 nitrogen and oxygen atoms in total. The number of hydrogen-bond donors (Lipinski definition) is 3. The minimum Gasteiger partial charge on any atom is -0.464 e. The molecule has 1 fully saturated rings. The number of rotatable bonds is 6. The van der Waals surface area contributed by atoms with E-state index in [2.05, 4.69) is 34.6 Å². The number of aromatic nitrogens is 1. The summed E-state index contributed by atoms with van der Waals surface area (Å²) >= 11 is 0. The highest BCUT2D eigenvalue weighted by atomic mass is 16.5. The minimum atomic E-state index is -0.490. The molecule has 1 amide bonds. The van der Waals surface area contributed by atoms with Gasteiger partial charge in [-0.05, 0) is 36.8 Å². The Balaban J connectivity index is 1.36. The number of methoxy groups -OCH3 is 1. The number of nitrogens with one attached hydrogen (secondary N) is 3. The van der Waals surface area contributed by atoms with Crippen LogP contribution in [0.5, 0.6) is 0 Å². The molecule has 30 heavy (non-hydrogen) atoms. The van der Waals surface area contributed by atoms with Crippen molar-refractivity contribution in [1.82, 2.24) is 4.98 Å². The van der Waals surface area contributed by atoms with Crippen LogP contribution in [0.4, 0.5) is 5.69 Å². The Labute approximate surface area is 176 Å². The summed E-state index contributed by atoms with van der Waals surface area (Å²) in [4.78, 5) is 29.3. The lowest BCUT2D eigenvalue weighted by atomic mass is 9.90. The molecular formula is C24H28N3O3+. The minimum absolute atomic E-state index is 0.0820. The number of fused-ring (bicyclic) bond motifs is 1. The predicted molar refractivity (Wildman–Crippen MR) is 117 cm³/mol. The number of carbonyl (C=O) groups excluding carboxylic acids is 2. The fourth-order valence-corrected chi connectivity index (χ4v) is 4.35. The van der Waals surface area contributed by atoms with Gasteiger partial charge < -0.3 is 19.9 Å². The van der Waals surface area contributed by atoms with Crippen molar-refractivity contribution >= 4 is 28.5 Å². The van der Waals surface area contributed by atoms with Crippen molar-refractivity contribution in [2.45, 2.75) is 19.3 Å². The molecule has 1 aromatic heterocycles. The van der Waals surface area contributed by atoms with Crippen LogP contribution in [-0.4, -0.2) is 43.6 Å². The van der Waals surface area contributed by atoms with Crippen molar-refractivity contribution in [3.63, 3.8) is 0 Å². The van der Waals surface area contributed by atoms with Crippen LogP contribution in [0.3, 0.4) is 0 Å². The second-order valence-corrected chi connectivity index (χ2v) is 8.02. The van der Waals surface area contributed by atoms with E-state index in [4.69, 9.17) is 4.74 Å². The Morgan fingerprint density at radius 2 is 1.77 bits per heavy atom. The summed E-state index contributed by atoms with van der Waals surface area (Å²) in [5, 5.41) is 3.76. The number of esters is 1. The van der Waals surface area contributed by atoms with Gasteiger partial charge in [0, 0.05) is 10.9 Å². The molecule has 2 heterocycles. The number of likely N-dealkylation sites (tertiary alicyclic amines) is 1. The van der Waals surface area contributed by atoms with Gasteiger partial charge in [0.05, 0.1) is 25.9 Å². The zero-order valence-electron chi connectivity index (χ0n) is 17.2. The number of H-pyrrole nitrogens is 1. The zero-order valence-corrected chi connectivity index (χ0v) is 17.2. The zero-order chi connectivity index (χ0) is 20.9. The van der Waals surface area contributed by atoms with Crippen LogP contribution in [0.25, 0.3) is 10.9 Å². The summed E-state index contributed by atoms with van der Waals surface area (Å²) in [5.74, 6) is 0.107. The van der Waals surface area contributed by atoms with Gasteiger partial charge in [0.2, 0.25) is 0 Å². The third-order valence-corrected chi connectivity index (χ3v) is 5.95. The third-order valence-electron chi connectivity index (χ3n) is 5.95. The van der Waals surface area contributed by atoms with Gasteiger partial charge in [-0.15, -0.1) is 0 Å². The molecule has 2 aromatic carbocycles. The molecule has 0 atom stereocenters. The lowest BCUT2D eigenvalue weighted by Crippen LogP contribution is -3.14. The van der Waals surface area contributed by atoms with Crippen LogP contribution in [0.15, 0.2) is 54.6 Å². The van der Waals surface area contributed by atoms with Gasteiger partial charge in [0.15, 0.2) is 6.54 Å². The van der Waals surface area contributed by atoms with Gasteiger partial charge in [0.1, 0.15) is 5.69 Å². The van der Waals surface area contributed by atoms with Gasteiger partial charge in [-0.3, -0.25) is 4.79 Å². The SMILES string of the molecule is COC(=O)c1[nH]c2ccccc2c1NC(=O)C[NH+]1CCC(Cc2ccccc2)CC1. The monoisotopic (exact) mass is 406 g/mol. The van der Waals surface area contributed by atoms with Crippen LogP contribution < -0.4 is 10.2 Å². The van der Waals surface area contributed by atoms with Crippen molar-refractivity contribution in [2.24, 2.45) is 5.92 Å². The second-order valence-electron chi connectivity index (χ2n) is 8.02. The quantitative estimate of drug-likeness (QED) is 0.551. The summed E-state index contributed by atoms with van der Waals surface area (Å²) in [5.41, 5.74) is 2.96. The number of ether oxygens (including phenoxy) is 1. The molecule has 156 valence electrons. The molecule has 1 aliphatic rings. The van der Waals surface area contributed by atoms with E-state index in [1.54, 1.807) is 0 Å². The highest BCUT2D eigenvalue weighted by Crippen LogP contribution is 2.28. The first-order chi connectivity index (χ1) is 14.6. The number of piperidine rings is 1. The van der Waals surface area contributed by atoms with Crippen LogP contribution in [0.2, 0.25) is 0 Å². The predicted octanol–water partition coefficient (Wildman–Crippen LogP) is 2.43. The summed E-state index contributed by atoms with van der Waals surface area (Å²) in [6.07, 6.45) is 3.36. The van der Waals surface area contributed by atoms with Crippen LogP contribution in [-0.2, 0) is 16.0 Å². The largest absolute Gasteiger partial charge is 0.464 e. The first kappa shape index (κ1) is 20.2. The fraction of sp³-hybridized carbons (Fsp3) is 0.333. The smallest absolute Gasteiger partial charge is 0.356 e. The molecule has 1 aliphatic heterocycles. The van der Waals surface area contributed by atoms with Gasteiger partial charge in [-0.2, -0.15) is 0 Å². The number of amides is 1. The van der Waals surface area contributed by atoms with E-state index in [0.717, 1.165) is 43.3 Å². The van der Waals surface area contributed by atoms with E-state index in [1.165, 1.54) is 17.6 Å². The Hall–Kier alpha value is -3.12. The second kappa shape index (κ2) is 9.13. The molecule has 1 saturated heterocycles. The summed E-state index contributed by atoms with van der Waals surface area (Å²) in [6.45, 7) is 2.38. The lowest BCUT2D eigenvalue weighted by molar-refractivity contribution is -0.898. The normalized spacial score (nSPS) is 18.8. The average Bonchev–Trinajstić information content (AvgIpc) is 3.13. The third kappa shape index (κ3) is 4.54. The molecular weight excluding hydrogens is 378 g/mol. The van der Waals surface area contributed by atoms with Crippen molar-refractivity contribution in [3.8, 4) is 0 Å². The van der Waals surface area contributed by atoms with Crippen molar-refractivity contribution in [1.29, 1.82) is 0 Å². The van der Waals surface area contributed by atoms with Crippen molar-refractivity contribution in [2.75, 3.05) is 32.1 Å². The van der Waals surface area contributed by atoms with E-state index in [-0.39, 0.29) is 11.6 Å². The number of quaternary nitrogens is 1. The van der Waals surface area contributed by atoms with Crippen molar-refractivity contribution in [3.05, 3.63) is 65.9 Å². The average molecular weight is 407 g/mol. The van der Waals surface area contributed by atoms with E-state index >= 15 is 0 Å². The number of hydrogen-bond acceptors (Lipinski definition) is 3. The van der Waals surface area contributed by atoms with E-state index in [0.29, 0.717) is 18.2 Å². The molecule has 4 rings (SSSR count). The molecule has 3 aromatic rings. The van der Waals surface area contributed by atoms with Gasteiger partial charge in [-0.1, -0.05) is 48.5 Å². The maximum atomic E-state index is 12.8. The summed E-state index contributed by atoms with van der Waals surface area (Å²) in [7, 11) is 1.34. The standard InChI is InChI=1S/C24H27N3O3/c1-30-24(29)23-22(19-9-5-6-10-20(19)25-23)26-21(28)16-27-13-11-18(12-14-27)15-17-7-3-2-4-8-17/h2-10,18,25H,11-16H2,1H3,(H,26,28)/p+1. The van der Waals surface area contributed by atoms with Gasteiger partial charge in [-0.25, -0.2) is 4.79 Å². The number of carbonyl (C=O) groups is 2. The molecule has 0 unspecified atom stereocenters. The summed E-state index contributed by atoms with van der Waals surface area (Å²) in [6, 6.07) is 18.1. The molecule has 0 radical (unpaired) electrons. The lowest BCUT2D eigenvalue weighted by Gasteiger charge is -2.29. The van der Waals surface area contributed by atoms with E-state index in [9.17, 15) is 9.59 Å². The maximum absolute atomic E-state index is 12.8. The first-order valence-corrected chi connectivity index (χ1v) is 10.5. The number of aromatic amines is 1. The van der Waals surface area contributed by atoms with Crippen LogP contribution >= 0.6 is 0 Å². The fourth-order valence-electron chi connectivity index (χ4n) is 4.35. The highest BCUT2D eigenvalue weighted by molar-refractivity contribution is 6.11. The Morgan fingerprint density at radius 1 is 1.07 bits per heavy atom. The maximum Gasteiger partial charge on any atom is 0.356 e. The Morgan fingerprint density at radius 3 is 2.50 bits per heavy atom. The molecule has 0 spiro atoms. The highest BCUT2D eigenvalue weighted by Gasteiger charge is 2.26. The number of anilines is 1. The van der Waals surface area contributed by atoms with E-state index < -0.39 is 5.97 Å². The molecule has 0 bridgehead atoms. The Bertz CT molecular complexity index is 1020. The first-order valence-electron chi connectivity index (χ1n) is 10.5. The molecule has 6 heteroatoms. The van der Waals surface area contributed by atoms with Crippen LogP contribution in [0.1, 0.15) is 28.9 Å². The summed E-state index contributed by atoms with van der Waals surface area (Å²) < 4.78 is 4.87. The van der Waals surface area contributed by atoms with Gasteiger partial charge >= 0.3 is 5.97 Å². The molecule has 0 saturated carbocycles. The molecule has 0 aliphatic carbocycles. The number of para-hydroxylation sites is 1. The molecule has 3 N–H and O–H groups in total. The van der Waals surface area contributed by atoms with Gasteiger partial charge in [0.25, 0.3) is 5.91 Å². The van der Waals surface area contributed by atoms with Crippen LogP contribution in [0, 0.1) is 5.92 Å².